The van der Waals surface area contributed by atoms with Crippen LogP contribution in [0.3, 0.4) is 0 Å². The van der Waals surface area contributed by atoms with Gasteiger partial charge in [0.25, 0.3) is 0 Å². The molecule has 1 aliphatic rings. The maximum Gasteiger partial charge on any atom is 0.129 e. The van der Waals surface area contributed by atoms with Crippen LogP contribution >= 0.6 is 11.3 Å². The second kappa shape index (κ2) is 6.58. The fourth-order valence-corrected chi connectivity index (χ4v) is 3.28. The highest BCUT2D eigenvalue weighted by Gasteiger charge is 2.30. The molecule has 1 N–H and O–H groups in total. The fourth-order valence-electron chi connectivity index (χ4n) is 2.62. The maximum atomic E-state index is 9.50. The molecule has 2 heterocycles. The first-order valence-corrected chi connectivity index (χ1v) is 8.63. The summed E-state index contributed by atoms with van der Waals surface area (Å²) in [7, 11) is 0. The van der Waals surface area contributed by atoms with Gasteiger partial charge in [-0.05, 0) is 59.3 Å². The van der Waals surface area contributed by atoms with Crippen LogP contribution in [-0.4, -0.2) is 16.1 Å². The van der Waals surface area contributed by atoms with Crippen molar-refractivity contribution in [1.82, 2.24) is 4.98 Å². The quantitative estimate of drug-likeness (QED) is 0.846. The predicted molar refractivity (Wildman–Crippen MR) is 87.7 cm³/mol. The lowest BCUT2D eigenvalue weighted by Crippen LogP contribution is -2.26. The van der Waals surface area contributed by atoms with Gasteiger partial charge in [-0.15, -0.1) is 0 Å². The molecule has 1 saturated carbocycles. The van der Waals surface area contributed by atoms with Gasteiger partial charge in [-0.1, -0.05) is 13.3 Å². The average Bonchev–Trinajstić information content (AvgIpc) is 3.21. The number of aliphatic hydroxyl groups is 1. The number of anilines is 1. The largest absolute Gasteiger partial charge is 0.392 e. The number of aromatic nitrogens is 1. The van der Waals surface area contributed by atoms with Gasteiger partial charge in [0.1, 0.15) is 5.82 Å². The third kappa shape index (κ3) is 3.63. The van der Waals surface area contributed by atoms with Crippen molar-refractivity contribution in [2.24, 2.45) is 0 Å². The third-order valence-electron chi connectivity index (χ3n) is 3.83. The zero-order valence-corrected chi connectivity index (χ0v) is 13.3. The molecule has 0 radical (unpaired) electrons. The molecule has 21 heavy (non-hydrogen) atoms. The van der Waals surface area contributed by atoms with E-state index in [4.69, 9.17) is 4.98 Å². The SMILES string of the molecule is CCCc1cc(CO)cc(N(Cc2ccsc2)C2CC2)n1. The van der Waals surface area contributed by atoms with Crippen LogP contribution in [-0.2, 0) is 19.6 Å². The molecule has 0 amide bonds. The Kier molecular flexibility index (Phi) is 4.56. The molecule has 0 aromatic carbocycles. The highest BCUT2D eigenvalue weighted by Crippen LogP contribution is 2.33. The highest BCUT2D eigenvalue weighted by atomic mass is 32.1. The van der Waals surface area contributed by atoms with Crippen molar-refractivity contribution in [2.45, 2.75) is 51.8 Å². The first-order valence-electron chi connectivity index (χ1n) is 7.68. The van der Waals surface area contributed by atoms with Gasteiger partial charge < -0.3 is 10.0 Å². The Morgan fingerprint density at radius 2 is 2.19 bits per heavy atom. The summed E-state index contributed by atoms with van der Waals surface area (Å²) in [5.41, 5.74) is 3.41. The molecular formula is C17H22N2OS. The van der Waals surface area contributed by atoms with E-state index in [2.05, 4.69) is 28.7 Å². The second-order valence-electron chi connectivity index (χ2n) is 5.72. The molecule has 1 fully saturated rings. The smallest absolute Gasteiger partial charge is 0.129 e. The first kappa shape index (κ1) is 14.5. The molecule has 2 aromatic heterocycles. The van der Waals surface area contributed by atoms with E-state index in [0.717, 1.165) is 36.5 Å². The second-order valence-corrected chi connectivity index (χ2v) is 6.50. The van der Waals surface area contributed by atoms with Crippen molar-refractivity contribution < 1.29 is 5.11 Å². The van der Waals surface area contributed by atoms with Crippen LogP contribution in [0.2, 0.25) is 0 Å². The van der Waals surface area contributed by atoms with E-state index in [1.807, 2.05) is 12.1 Å². The Morgan fingerprint density at radius 1 is 1.33 bits per heavy atom. The van der Waals surface area contributed by atoms with E-state index in [0.29, 0.717) is 6.04 Å². The number of hydrogen-bond donors (Lipinski definition) is 1. The number of pyridine rings is 1. The lowest BCUT2D eigenvalue weighted by atomic mass is 10.1. The lowest BCUT2D eigenvalue weighted by Gasteiger charge is -2.24. The average molecular weight is 302 g/mol. The summed E-state index contributed by atoms with van der Waals surface area (Å²) in [6.07, 6.45) is 4.55. The summed E-state index contributed by atoms with van der Waals surface area (Å²) in [4.78, 5) is 7.23. The molecule has 0 unspecified atom stereocenters. The van der Waals surface area contributed by atoms with Gasteiger partial charge in [0, 0.05) is 18.3 Å². The van der Waals surface area contributed by atoms with E-state index in [-0.39, 0.29) is 6.61 Å². The topological polar surface area (TPSA) is 36.4 Å². The van der Waals surface area contributed by atoms with Crippen LogP contribution < -0.4 is 4.90 Å². The molecule has 3 nitrogen and oxygen atoms in total. The van der Waals surface area contributed by atoms with Gasteiger partial charge in [-0.3, -0.25) is 0 Å². The molecule has 0 bridgehead atoms. The Hall–Kier alpha value is -1.39. The van der Waals surface area contributed by atoms with Crippen molar-refractivity contribution in [2.75, 3.05) is 4.90 Å². The van der Waals surface area contributed by atoms with E-state index in [1.54, 1.807) is 11.3 Å². The summed E-state index contributed by atoms with van der Waals surface area (Å²) in [6.45, 7) is 3.17. The molecule has 3 rings (SSSR count). The number of rotatable bonds is 7. The molecule has 2 aromatic rings. The minimum atomic E-state index is 0.0865. The zero-order chi connectivity index (χ0) is 14.7. The molecular weight excluding hydrogens is 280 g/mol. The van der Waals surface area contributed by atoms with Crippen molar-refractivity contribution in [3.05, 3.63) is 45.8 Å². The minimum Gasteiger partial charge on any atom is -0.392 e. The normalized spacial score (nSPS) is 14.4. The number of aliphatic hydroxyl groups excluding tert-OH is 1. The van der Waals surface area contributed by atoms with Crippen LogP contribution in [0, 0.1) is 0 Å². The zero-order valence-electron chi connectivity index (χ0n) is 12.5. The van der Waals surface area contributed by atoms with Crippen LogP contribution in [0.1, 0.15) is 43.0 Å². The van der Waals surface area contributed by atoms with E-state index in [9.17, 15) is 5.11 Å². The fraction of sp³-hybridized carbons (Fsp3) is 0.471. The highest BCUT2D eigenvalue weighted by molar-refractivity contribution is 7.07. The van der Waals surface area contributed by atoms with Crippen LogP contribution in [0.5, 0.6) is 0 Å². The number of aryl methyl sites for hydroxylation is 1. The standard InChI is InChI=1S/C17H22N2OS/c1-2-3-15-8-14(11-20)9-17(18-15)19(16-4-5-16)10-13-6-7-21-12-13/h6-9,12,16,20H,2-5,10-11H2,1H3. The summed E-state index contributed by atoms with van der Waals surface area (Å²) >= 11 is 1.74. The van der Waals surface area contributed by atoms with E-state index >= 15 is 0 Å². The van der Waals surface area contributed by atoms with Gasteiger partial charge in [0.05, 0.1) is 6.61 Å². The minimum absolute atomic E-state index is 0.0865. The molecule has 0 aliphatic heterocycles. The Morgan fingerprint density at radius 3 is 2.81 bits per heavy atom. The molecule has 0 atom stereocenters. The van der Waals surface area contributed by atoms with Crippen molar-refractivity contribution in [1.29, 1.82) is 0 Å². The third-order valence-corrected chi connectivity index (χ3v) is 4.56. The lowest BCUT2D eigenvalue weighted by molar-refractivity contribution is 0.281. The van der Waals surface area contributed by atoms with Gasteiger partial charge >= 0.3 is 0 Å². The van der Waals surface area contributed by atoms with E-state index in [1.165, 1.54) is 18.4 Å². The van der Waals surface area contributed by atoms with Crippen LogP contribution in [0.25, 0.3) is 0 Å². The summed E-state index contributed by atoms with van der Waals surface area (Å²) in [5, 5.41) is 13.8. The summed E-state index contributed by atoms with van der Waals surface area (Å²) in [5.74, 6) is 1.03. The monoisotopic (exact) mass is 302 g/mol. The van der Waals surface area contributed by atoms with Gasteiger partial charge in [-0.25, -0.2) is 4.98 Å². The van der Waals surface area contributed by atoms with Gasteiger partial charge in [-0.2, -0.15) is 11.3 Å². The van der Waals surface area contributed by atoms with Crippen LogP contribution in [0.15, 0.2) is 29.0 Å². The summed E-state index contributed by atoms with van der Waals surface area (Å²) in [6, 6.07) is 6.87. The molecule has 0 spiro atoms. The van der Waals surface area contributed by atoms with Crippen molar-refractivity contribution >= 4 is 17.2 Å². The predicted octanol–water partition coefficient (Wildman–Crippen LogP) is 3.76. The Labute approximate surface area is 130 Å². The van der Waals surface area contributed by atoms with E-state index < -0.39 is 0 Å². The van der Waals surface area contributed by atoms with Crippen LogP contribution in [0.4, 0.5) is 5.82 Å². The van der Waals surface area contributed by atoms with Gasteiger partial charge in [0.2, 0.25) is 0 Å². The Bertz CT molecular complexity index is 578. The molecule has 1 aliphatic carbocycles. The summed E-state index contributed by atoms with van der Waals surface area (Å²) < 4.78 is 0. The number of nitrogens with zero attached hydrogens (tertiary/aromatic N) is 2. The number of thiophene rings is 1. The molecule has 112 valence electrons. The molecule has 4 heteroatoms. The Balaban J connectivity index is 1.88. The van der Waals surface area contributed by atoms with Crippen molar-refractivity contribution in [3.63, 3.8) is 0 Å². The maximum absolute atomic E-state index is 9.50. The molecule has 0 saturated heterocycles. The first-order chi connectivity index (χ1) is 10.3. The number of hydrogen-bond acceptors (Lipinski definition) is 4. The van der Waals surface area contributed by atoms with Crippen molar-refractivity contribution in [3.8, 4) is 0 Å². The van der Waals surface area contributed by atoms with Gasteiger partial charge in [0.15, 0.2) is 0 Å².